The van der Waals surface area contributed by atoms with Gasteiger partial charge in [0.15, 0.2) is 0 Å². The number of nitrogens with one attached hydrogen (secondary N) is 1. The van der Waals surface area contributed by atoms with E-state index in [9.17, 15) is 0 Å². The van der Waals surface area contributed by atoms with Crippen molar-refractivity contribution in [3.63, 3.8) is 0 Å². The summed E-state index contributed by atoms with van der Waals surface area (Å²) in [5, 5.41) is 12.4. The molecule has 0 aromatic rings. The molecule has 0 amide bonds. The fourth-order valence-corrected chi connectivity index (χ4v) is 1.42. The van der Waals surface area contributed by atoms with Gasteiger partial charge in [-0.2, -0.15) is 0 Å². The van der Waals surface area contributed by atoms with E-state index in [2.05, 4.69) is 24.2 Å². The Morgan fingerprint density at radius 1 is 1.36 bits per heavy atom. The molecule has 14 heavy (non-hydrogen) atoms. The van der Waals surface area contributed by atoms with E-state index in [0.717, 1.165) is 25.3 Å². The molecule has 0 radical (unpaired) electrons. The summed E-state index contributed by atoms with van der Waals surface area (Å²) in [6, 6.07) is 0. The van der Waals surface area contributed by atoms with Crippen molar-refractivity contribution in [1.29, 1.82) is 0 Å². The largest absolute Gasteiger partial charge is 0.396 e. The molecule has 0 atom stereocenters. The SMILES string of the molecule is CC(C)(CO)CNC1=NCCCCC1. The predicted molar refractivity (Wildman–Crippen MR) is 59.6 cm³/mol. The molecule has 0 saturated carbocycles. The number of amidine groups is 1. The average molecular weight is 198 g/mol. The van der Waals surface area contributed by atoms with Crippen LogP contribution in [0.1, 0.15) is 39.5 Å². The van der Waals surface area contributed by atoms with Crippen molar-refractivity contribution in [3.05, 3.63) is 0 Å². The first kappa shape index (κ1) is 11.5. The highest BCUT2D eigenvalue weighted by Gasteiger charge is 2.16. The summed E-state index contributed by atoms with van der Waals surface area (Å²) >= 11 is 0. The van der Waals surface area contributed by atoms with Crippen molar-refractivity contribution in [2.45, 2.75) is 39.5 Å². The van der Waals surface area contributed by atoms with Crippen LogP contribution in [0.15, 0.2) is 4.99 Å². The standard InChI is InChI=1S/C11H22N2O/c1-11(2,9-14)8-13-10-6-4-3-5-7-12-10/h14H,3-9H2,1-2H3,(H,12,13). The quantitative estimate of drug-likeness (QED) is 0.723. The molecule has 1 heterocycles. The molecule has 1 rings (SSSR count). The van der Waals surface area contributed by atoms with E-state index in [0.29, 0.717) is 0 Å². The van der Waals surface area contributed by atoms with E-state index >= 15 is 0 Å². The van der Waals surface area contributed by atoms with Gasteiger partial charge in [-0.1, -0.05) is 20.3 Å². The normalized spacial score (nSPS) is 18.6. The molecule has 0 unspecified atom stereocenters. The lowest BCUT2D eigenvalue weighted by molar-refractivity contribution is 0.162. The van der Waals surface area contributed by atoms with Crippen molar-refractivity contribution in [2.75, 3.05) is 19.7 Å². The molecule has 3 nitrogen and oxygen atoms in total. The van der Waals surface area contributed by atoms with Gasteiger partial charge in [-0.05, 0) is 12.8 Å². The van der Waals surface area contributed by atoms with E-state index in [-0.39, 0.29) is 12.0 Å². The third kappa shape index (κ3) is 4.09. The van der Waals surface area contributed by atoms with Gasteiger partial charge in [0.25, 0.3) is 0 Å². The number of nitrogens with zero attached hydrogens (tertiary/aromatic N) is 1. The zero-order valence-electron chi connectivity index (χ0n) is 9.34. The van der Waals surface area contributed by atoms with Crippen molar-refractivity contribution < 1.29 is 5.11 Å². The number of rotatable bonds is 3. The lowest BCUT2D eigenvalue weighted by Crippen LogP contribution is -2.36. The Hall–Kier alpha value is -0.570. The minimum Gasteiger partial charge on any atom is -0.396 e. The number of aliphatic hydroxyl groups is 1. The molecule has 0 bridgehead atoms. The maximum Gasteiger partial charge on any atom is 0.0963 e. The number of aliphatic imine (C=N–C) groups is 1. The summed E-state index contributed by atoms with van der Waals surface area (Å²) in [5.74, 6) is 1.13. The van der Waals surface area contributed by atoms with Crippen LogP contribution >= 0.6 is 0 Å². The van der Waals surface area contributed by atoms with Crippen LogP contribution in [0.2, 0.25) is 0 Å². The Kier molecular flexibility index (Phi) is 4.39. The fraction of sp³-hybridized carbons (Fsp3) is 0.909. The number of hydrogen-bond acceptors (Lipinski definition) is 3. The average Bonchev–Trinajstić information content (AvgIpc) is 2.43. The molecule has 3 heteroatoms. The number of hydrogen-bond donors (Lipinski definition) is 2. The van der Waals surface area contributed by atoms with Gasteiger partial charge in [0.2, 0.25) is 0 Å². The van der Waals surface area contributed by atoms with Crippen LogP contribution in [0.5, 0.6) is 0 Å². The van der Waals surface area contributed by atoms with Crippen molar-refractivity contribution in [1.82, 2.24) is 5.32 Å². The van der Waals surface area contributed by atoms with Gasteiger partial charge in [-0.3, -0.25) is 4.99 Å². The summed E-state index contributed by atoms with van der Waals surface area (Å²) in [5.41, 5.74) is -0.0468. The molecule has 0 aromatic carbocycles. The Morgan fingerprint density at radius 2 is 2.14 bits per heavy atom. The predicted octanol–water partition coefficient (Wildman–Crippen LogP) is 1.57. The van der Waals surface area contributed by atoms with Crippen LogP contribution in [0, 0.1) is 5.41 Å². The van der Waals surface area contributed by atoms with Gasteiger partial charge in [0.1, 0.15) is 0 Å². The minimum atomic E-state index is -0.0468. The third-order valence-electron chi connectivity index (χ3n) is 2.57. The molecule has 0 aliphatic carbocycles. The third-order valence-corrected chi connectivity index (χ3v) is 2.57. The first-order chi connectivity index (χ1) is 6.64. The minimum absolute atomic E-state index is 0.0468. The van der Waals surface area contributed by atoms with Gasteiger partial charge in [0.05, 0.1) is 5.84 Å². The summed E-state index contributed by atoms with van der Waals surface area (Å²) < 4.78 is 0. The Labute approximate surface area is 86.6 Å². The summed E-state index contributed by atoms with van der Waals surface area (Å²) in [4.78, 5) is 4.48. The van der Waals surface area contributed by atoms with E-state index < -0.39 is 0 Å². The van der Waals surface area contributed by atoms with Crippen LogP contribution < -0.4 is 5.32 Å². The smallest absolute Gasteiger partial charge is 0.0963 e. The second-order valence-corrected chi connectivity index (χ2v) is 4.81. The molecule has 82 valence electrons. The molecule has 1 aliphatic rings. The van der Waals surface area contributed by atoms with E-state index in [1.54, 1.807) is 0 Å². The highest BCUT2D eigenvalue weighted by Crippen LogP contribution is 2.12. The second-order valence-electron chi connectivity index (χ2n) is 4.81. The number of aliphatic hydroxyl groups excluding tert-OH is 1. The van der Waals surface area contributed by atoms with E-state index in [4.69, 9.17) is 5.11 Å². The molecule has 0 aromatic heterocycles. The first-order valence-corrected chi connectivity index (χ1v) is 5.52. The summed E-state index contributed by atoms with van der Waals surface area (Å²) in [6.07, 6.45) is 4.82. The molecule has 0 saturated heterocycles. The van der Waals surface area contributed by atoms with Crippen LogP contribution in [0.4, 0.5) is 0 Å². The van der Waals surface area contributed by atoms with Gasteiger partial charge in [-0.15, -0.1) is 0 Å². The lowest BCUT2D eigenvalue weighted by Gasteiger charge is -2.23. The van der Waals surface area contributed by atoms with Crippen LogP contribution in [0.3, 0.4) is 0 Å². The Bertz CT molecular complexity index is 199. The zero-order chi connectivity index (χ0) is 10.4. The van der Waals surface area contributed by atoms with Crippen molar-refractivity contribution in [3.8, 4) is 0 Å². The molecule has 1 aliphatic heterocycles. The first-order valence-electron chi connectivity index (χ1n) is 5.52. The van der Waals surface area contributed by atoms with Gasteiger partial charge in [-0.25, -0.2) is 0 Å². The monoisotopic (exact) mass is 198 g/mol. The van der Waals surface area contributed by atoms with Gasteiger partial charge >= 0.3 is 0 Å². The zero-order valence-corrected chi connectivity index (χ0v) is 9.34. The molecular formula is C11H22N2O. The summed E-state index contributed by atoms with van der Waals surface area (Å²) in [7, 11) is 0. The molecule has 0 spiro atoms. The van der Waals surface area contributed by atoms with Crippen LogP contribution in [-0.2, 0) is 0 Å². The molecule has 2 N–H and O–H groups in total. The lowest BCUT2D eigenvalue weighted by atomic mass is 9.95. The Balaban J connectivity index is 2.32. The maximum atomic E-state index is 9.10. The molecular weight excluding hydrogens is 176 g/mol. The van der Waals surface area contributed by atoms with Crippen molar-refractivity contribution in [2.24, 2.45) is 10.4 Å². The van der Waals surface area contributed by atoms with E-state index in [1.165, 1.54) is 19.3 Å². The van der Waals surface area contributed by atoms with Gasteiger partial charge in [0, 0.05) is 31.5 Å². The Morgan fingerprint density at radius 3 is 2.86 bits per heavy atom. The highest BCUT2D eigenvalue weighted by molar-refractivity contribution is 5.82. The van der Waals surface area contributed by atoms with Gasteiger partial charge < -0.3 is 10.4 Å². The van der Waals surface area contributed by atoms with Crippen LogP contribution in [0.25, 0.3) is 0 Å². The topological polar surface area (TPSA) is 44.6 Å². The van der Waals surface area contributed by atoms with Crippen LogP contribution in [-0.4, -0.2) is 30.6 Å². The van der Waals surface area contributed by atoms with E-state index in [1.807, 2.05) is 0 Å². The summed E-state index contributed by atoms with van der Waals surface area (Å²) in [6.45, 7) is 6.09. The molecule has 0 fully saturated rings. The second kappa shape index (κ2) is 5.35. The highest BCUT2D eigenvalue weighted by atomic mass is 16.3. The maximum absolute atomic E-state index is 9.10. The van der Waals surface area contributed by atoms with Crippen molar-refractivity contribution >= 4 is 5.84 Å². The fourth-order valence-electron chi connectivity index (χ4n) is 1.42.